The third-order valence-corrected chi connectivity index (χ3v) is 5.16. The van der Waals surface area contributed by atoms with Gasteiger partial charge in [-0.25, -0.2) is 0 Å². The molecule has 0 aromatic carbocycles. The van der Waals surface area contributed by atoms with Gasteiger partial charge in [-0.3, -0.25) is 15.0 Å². The Bertz CT molecular complexity index is 389. The Labute approximate surface area is 127 Å². The maximum absolute atomic E-state index is 11.9. The lowest BCUT2D eigenvalue weighted by Gasteiger charge is -2.46. The van der Waals surface area contributed by atoms with Gasteiger partial charge in [0.05, 0.1) is 12.2 Å². The first-order chi connectivity index (χ1) is 9.98. The summed E-state index contributed by atoms with van der Waals surface area (Å²) in [7, 11) is 0. The molecule has 3 fully saturated rings. The Morgan fingerprint density at radius 1 is 1.24 bits per heavy atom. The van der Waals surface area contributed by atoms with Crippen molar-refractivity contribution in [2.75, 3.05) is 13.1 Å². The molecule has 2 saturated carbocycles. The molecule has 0 radical (unpaired) electrons. The molecule has 3 rings (SSSR count). The van der Waals surface area contributed by atoms with Gasteiger partial charge < -0.3 is 9.84 Å². The van der Waals surface area contributed by atoms with E-state index in [1.54, 1.807) is 0 Å². The Balaban J connectivity index is 1.69. The predicted octanol–water partition coefficient (Wildman–Crippen LogP) is 1.61. The van der Waals surface area contributed by atoms with Crippen LogP contribution in [0.25, 0.3) is 0 Å². The maximum atomic E-state index is 11.9. The molecular weight excluding hydrogens is 268 g/mol. The van der Waals surface area contributed by atoms with Crippen LogP contribution in [0, 0.1) is 0 Å². The van der Waals surface area contributed by atoms with Crippen molar-refractivity contribution in [3.8, 4) is 0 Å². The molecule has 21 heavy (non-hydrogen) atoms. The van der Waals surface area contributed by atoms with Crippen LogP contribution in [0.4, 0.5) is 0 Å². The number of hydrogen-bond donors (Lipinski definition) is 2. The van der Waals surface area contributed by atoms with Gasteiger partial charge in [-0.05, 0) is 52.4 Å². The van der Waals surface area contributed by atoms with Crippen molar-refractivity contribution in [2.45, 2.75) is 82.2 Å². The average Bonchev–Trinajstić information content (AvgIpc) is 3.21. The molecule has 3 aliphatic rings. The van der Waals surface area contributed by atoms with Crippen molar-refractivity contribution in [2.24, 2.45) is 0 Å². The molecule has 5 nitrogen and oxygen atoms in total. The number of hydrogen-bond acceptors (Lipinski definition) is 4. The largest absolute Gasteiger partial charge is 0.480 e. The number of carbonyl (C=O) groups is 1. The molecule has 0 spiro atoms. The molecule has 0 amide bonds. The summed E-state index contributed by atoms with van der Waals surface area (Å²) in [4.78, 5) is 14.4. The first-order valence-electron chi connectivity index (χ1n) is 8.39. The highest BCUT2D eigenvalue weighted by Crippen LogP contribution is 2.35. The van der Waals surface area contributed by atoms with E-state index in [9.17, 15) is 9.90 Å². The minimum Gasteiger partial charge on any atom is -0.480 e. The summed E-state index contributed by atoms with van der Waals surface area (Å²) < 4.78 is 5.81. The van der Waals surface area contributed by atoms with Gasteiger partial charge in [-0.2, -0.15) is 0 Å². The lowest BCUT2D eigenvalue weighted by molar-refractivity contribution is -0.148. The van der Waals surface area contributed by atoms with Crippen LogP contribution in [0.3, 0.4) is 0 Å². The predicted molar refractivity (Wildman–Crippen MR) is 80.4 cm³/mol. The summed E-state index contributed by atoms with van der Waals surface area (Å²) in [5.41, 5.74) is -0.700. The van der Waals surface area contributed by atoms with E-state index in [1.807, 2.05) is 0 Å². The molecular formula is C16H28N2O3. The first-order valence-corrected chi connectivity index (χ1v) is 8.39. The van der Waals surface area contributed by atoms with E-state index in [1.165, 1.54) is 0 Å². The molecule has 4 unspecified atom stereocenters. The van der Waals surface area contributed by atoms with E-state index in [0.717, 1.165) is 51.6 Å². The van der Waals surface area contributed by atoms with Gasteiger partial charge in [0.25, 0.3) is 0 Å². The zero-order valence-corrected chi connectivity index (χ0v) is 13.2. The number of carboxylic acid groups (broad SMARTS) is 1. The van der Waals surface area contributed by atoms with E-state index < -0.39 is 11.5 Å². The van der Waals surface area contributed by atoms with Gasteiger partial charge in [0, 0.05) is 25.2 Å². The minimum atomic E-state index is -0.700. The Morgan fingerprint density at radius 2 is 1.90 bits per heavy atom. The highest BCUT2D eigenvalue weighted by molar-refractivity contribution is 5.79. The van der Waals surface area contributed by atoms with Crippen LogP contribution in [0.1, 0.15) is 52.4 Å². The SMILES string of the molecule is CC1CN(C2CCCC(NC3CC3)(C(=O)O)C2)CC(C)O1. The molecule has 2 aliphatic carbocycles. The Kier molecular flexibility index (Phi) is 4.26. The smallest absolute Gasteiger partial charge is 0.323 e. The third kappa shape index (κ3) is 3.41. The van der Waals surface area contributed by atoms with Crippen LogP contribution in [-0.4, -0.2) is 58.9 Å². The van der Waals surface area contributed by atoms with E-state index in [-0.39, 0.29) is 12.2 Å². The van der Waals surface area contributed by atoms with E-state index in [4.69, 9.17) is 4.74 Å². The van der Waals surface area contributed by atoms with Crippen LogP contribution in [0.2, 0.25) is 0 Å². The summed E-state index contributed by atoms with van der Waals surface area (Å²) in [6.45, 7) is 6.07. The van der Waals surface area contributed by atoms with Crippen LogP contribution < -0.4 is 5.32 Å². The standard InChI is InChI=1S/C16H28N2O3/c1-11-9-18(10-12(2)21-11)14-4-3-7-16(8-14,15(19)20)17-13-5-6-13/h11-14,17H,3-10H2,1-2H3,(H,19,20). The van der Waals surface area contributed by atoms with Gasteiger partial charge >= 0.3 is 5.97 Å². The fraction of sp³-hybridized carbons (Fsp3) is 0.938. The number of aliphatic carboxylic acids is 1. The lowest BCUT2D eigenvalue weighted by atomic mass is 9.78. The van der Waals surface area contributed by atoms with Gasteiger partial charge in [0.15, 0.2) is 0 Å². The van der Waals surface area contributed by atoms with Crippen LogP contribution in [-0.2, 0) is 9.53 Å². The van der Waals surface area contributed by atoms with E-state index in [2.05, 4.69) is 24.1 Å². The highest BCUT2D eigenvalue weighted by Gasteiger charge is 2.47. The Hall–Kier alpha value is -0.650. The number of morpholine rings is 1. The molecule has 1 saturated heterocycles. The highest BCUT2D eigenvalue weighted by atomic mass is 16.5. The lowest BCUT2D eigenvalue weighted by Crippen LogP contribution is -2.61. The van der Waals surface area contributed by atoms with Crippen molar-refractivity contribution in [3.63, 3.8) is 0 Å². The fourth-order valence-electron chi connectivity index (χ4n) is 4.08. The number of carboxylic acids is 1. The van der Waals surface area contributed by atoms with Crippen LogP contribution in [0.5, 0.6) is 0 Å². The van der Waals surface area contributed by atoms with Crippen LogP contribution >= 0.6 is 0 Å². The molecule has 120 valence electrons. The number of ether oxygens (including phenoxy) is 1. The fourth-order valence-corrected chi connectivity index (χ4v) is 4.08. The monoisotopic (exact) mass is 296 g/mol. The van der Waals surface area contributed by atoms with Crippen molar-refractivity contribution in [3.05, 3.63) is 0 Å². The summed E-state index contributed by atoms with van der Waals surface area (Å²) >= 11 is 0. The molecule has 0 bridgehead atoms. The van der Waals surface area contributed by atoms with Crippen molar-refractivity contribution in [1.29, 1.82) is 0 Å². The Morgan fingerprint density at radius 3 is 2.48 bits per heavy atom. The summed E-state index contributed by atoms with van der Waals surface area (Å²) in [5.74, 6) is -0.659. The van der Waals surface area contributed by atoms with Crippen molar-refractivity contribution in [1.82, 2.24) is 10.2 Å². The topological polar surface area (TPSA) is 61.8 Å². The minimum absolute atomic E-state index is 0.242. The van der Waals surface area contributed by atoms with Crippen molar-refractivity contribution < 1.29 is 14.6 Å². The van der Waals surface area contributed by atoms with Gasteiger partial charge in [-0.15, -0.1) is 0 Å². The first kappa shape index (κ1) is 15.3. The second kappa shape index (κ2) is 5.86. The summed E-state index contributed by atoms with van der Waals surface area (Å²) in [6, 6.07) is 0.803. The second-order valence-electron chi connectivity index (χ2n) is 7.27. The number of rotatable bonds is 4. The van der Waals surface area contributed by atoms with Crippen molar-refractivity contribution >= 4 is 5.97 Å². The normalized spacial score (nSPS) is 41.9. The zero-order valence-electron chi connectivity index (χ0n) is 13.2. The molecule has 1 heterocycles. The molecule has 2 N–H and O–H groups in total. The van der Waals surface area contributed by atoms with Gasteiger partial charge in [0.1, 0.15) is 5.54 Å². The second-order valence-corrected chi connectivity index (χ2v) is 7.27. The quantitative estimate of drug-likeness (QED) is 0.825. The van der Waals surface area contributed by atoms with Crippen LogP contribution in [0.15, 0.2) is 0 Å². The molecule has 0 aromatic rings. The summed E-state index contributed by atoms with van der Waals surface area (Å²) in [6.07, 6.45) is 6.36. The molecule has 1 aliphatic heterocycles. The van der Waals surface area contributed by atoms with Gasteiger partial charge in [-0.1, -0.05) is 0 Å². The van der Waals surface area contributed by atoms with Gasteiger partial charge in [0.2, 0.25) is 0 Å². The van der Waals surface area contributed by atoms with E-state index in [0.29, 0.717) is 12.1 Å². The maximum Gasteiger partial charge on any atom is 0.323 e. The molecule has 4 atom stereocenters. The third-order valence-electron chi connectivity index (χ3n) is 5.16. The number of nitrogens with zero attached hydrogens (tertiary/aromatic N) is 1. The number of nitrogens with one attached hydrogen (secondary N) is 1. The average molecular weight is 296 g/mol. The zero-order chi connectivity index (χ0) is 15.0. The van der Waals surface area contributed by atoms with E-state index >= 15 is 0 Å². The molecule has 0 aromatic heterocycles. The summed E-state index contributed by atoms with van der Waals surface area (Å²) in [5, 5.41) is 13.2. The molecule has 5 heteroatoms.